The van der Waals surface area contributed by atoms with E-state index in [2.05, 4.69) is 36.7 Å². The van der Waals surface area contributed by atoms with Gasteiger partial charge in [0, 0.05) is 32.2 Å². The molecule has 5 rings (SSSR count). The molecule has 1 saturated carbocycles. The van der Waals surface area contributed by atoms with Crippen LogP contribution in [0.25, 0.3) is 5.69 Å². The number of piperazine rings is 1. The molecule has 10 heteroatoms. The van der Waals surface area contributed by atoms with E-state index in [-0.39, 0.29) is 11.7 Å². The van der Waals surface area contributed by atoms with Gasteiger partial charge in [-0.25, -0.2) is 0 Å². The van der Waals surface area contributed by atoms with Crippen molar-refractivity contribution in [3.05, 3.63) is 48.5 Å². The van der Waals surface area contributed by atoms with Crippen LogP contribution in [0.3, 0.4) is 0 Å². The average Bonchev–Trinajstić information content (AvgIpc) is 3.42. The maximum absolute atomic E-state index is 12.9. The Morgan fingerprint density at radius 2 is 1.78 bits per heavy atom. The highest BCUT2D eigenvalue weighted by Crippen LogP contribution is 2.29. The smallest absolute Gasteiger partial charge is 0.234 e. The lowest BCUT2D eigenvalue weighted by atomic mass is 9.94. The molecule has 190 valence electrons. The number of nitrogens with zero attached hydrogens (tertiary/aromatic N) is 6. The second-order valence-electron chi connectivity index (χ2n) is 9.24. The summed E-state index contributed by atoms with van der Waals surface area (Å²) in [5.41, 5.74) is 2.74. The van der Waals surface area contributed by atoms with Crippen molar-refractivity contribution in [2.24, 2.45) is 0 Å². The minimum absolute atomic E-state index is 0.0856. The van der Waals surface area contributed by atoms with Gasteiger partial charge in [0.15, 0.2) is 0 Å². The van der Waals surface area contributed by atoms with Crippen LogP contribution in [-0.4, -0.2) is 76.1 Å². The molecule has 36 heavy (non-hydrogen) atoms. The normalized spacial score (nSPS) is 17.2. The van der Waals surface area contributed by atoms with Gasteiger partial charge < -0.3 is 15.0 Å². The number of tetrazole rings is 1. The summed E-state index contributed by atoms with van der Waals surface area (Å²) in [7, 11) is 1.63. The fraction of sp³-hybridized carbons (Fsp3) is 0.462. The van der Waals surface area contributed by atoms with Gasteiger partial charge >= 0.3 is 0 Å². The molecule has 1 N–H and O–H groups in total. The first-order valence-electron chi connectivity index (χ1n) is 12.6. The summed E-state index contributed by atoms with van der Waals surface area (Å²) in [6.45, 7) is 4.12. The lowest BCUT2D eigenvalue weighted by molar-refractivity contribution is -0.113. The first kappa shape index (κ1) is 24.6. The molecule has 2 aliphatic rings. The number of carbonyl (C=O) groups is 1. The Hall–Kier alpha value is -3.11. The summed E-state index contributed by atoms with van der Waals surface area (Å²) < 4.78 is 6.84. The lowest BCUT2D eigenvalue weighted by Gasteiger charge is -2.42. The summed E-state index contributed by atoms with van der Waals surface area (Å²) in [6.07, 6.45) is 6.80. The van der Waals surface area contributed by atoms with Crippen molar-refractivity contribution in [2.45, 2.75) is 43.3 Å². The number of nitrogens with one attached hydrogen (secondary N) is 1. The van der Waals surface area contributed by atoms with Gasteiger partial charge in [-0.2, -0.15) is 4.68 Å². The molecule has 1 aromatic heterocycles. The molecule has 1 aliphatic heterocycles. The van der Waals surface area contributed by atoms with E-state index in [1.807, 2.05) is 42.5 Å². The summed E-state index contributed by atoms with van der Waals surface area (Å²) in [5.74, 6) is 0.882. The molecule has 9 nitrogen and oxygen atoms in total. The highest BCUT2D eigenvalue weighted by molar-refractivity contribution is 7.99. The fourth-order valence-corrected chi connectivity index (χ4v) is 5.79. The van der Waals surface area contributed by atoms with E-state index in [4.69, 9.17) is 4.74 Å². The molecular formula is C26H33N7O2S. The number of para-hydroxylation sites is 2. The second-order valence-corrected chi connectivity index (χ2v) is 10.2. The highest BCUT2D eigenvalue weighted by Gasteiger charge is 2.26. The molecule has 0 spiro atoms. The number of anilines is 2. The number of carbonyl (C=O) groups excluding carboxylic acids is 1. The Morgan fingerprint density at radius 3 is 2.53 bits per heavy atom. The van der Waals surface area contributed by atoms with Crippen LogP contribution in [0, 0.1) is 0 Å². The number of rotatable bonds is 8. The molecule has 1 aliphatic carbocycles. The predicted octanol–water partition coefficient (Wildman–Crippen LogP) is 3.86. The van der Waals surface area contributed by atoms with Crippen molar-refractivity contribution in [3.63, 3.8) is 0 Å². The molecular weight excluding hydrogens is 474 g/mol. The first-order chi connectivity index (χ1) is 17.7. The number of hydrogen-bond acceptors (Lipinski definition) is 8. The Morgan fingerprint density at radius 1 is 1.03 bits per heavy atom. The number of hydrogen-bond donors (Lipinski definition) is 1. The number of ether oxygens (including phenoxy) is 1. The van der Waals surface area contributed by atoms with Crippen LogP contribution in [0.2, 0.25) is 0 Å². The molecule has 0 atom stereocenters. The third-order valence-corrected chi connectivity index (χ3v) is 7.93. The summed E-state index contributed by atoms with van der Waals surface area (Å²) in [6, 6.07) is 16.3. The van der Waals surface area contributed by atoms with E-state index < -0.39 is 0 Å². The van der Waals surface area contributed by atoms with E-state index in [1.54, 1.807) is 11.8 Å². The maximum atomic E-state index is 12.9. The fourth-order valence-electron chi connectivity index (χ4n) is 5.10. The predicted molar refractivity (Wildman–Crippen MR) is 142 cm³/mol. The Balaban J connectivity index is 1.17. The van der Waals surface area contributed by atoms with Gasteiger partial charge in [-0.15, -0.1) is 5.10 Å². The van der Waals surface area contributed by atoms with Crippen LogP contribution in [0.1, 0.15) is 32.1 Å². The van der Waals surface area contributed by atoms with Gasteiger partial charge in [0.25, 0.3) is 0 Å². The molecule has 1 saturated heterocycles. The molecule has 1 amide bonds. The minimum Gasteiger partial charge on any atom is -0.497 e. The first-order valence-corrected chi connectivity index (χ1v) is 13.6. The van der Waals surface area contributed by atoms with Crippen molar-refractivity contribution in [2.75, 3.05) is 49.3 Å². The van der Waals surface area contributed by atoms with Gasteiger partial charge in [-0.05, 0) is 59.7 Å². The molecule has 0 unspecified atom stereocenters. The minimum atomic E-state index is -0.0856. The quantitative estimate of drug-likeness (QED) is 0.460. The van der Waals surface area contributed by atoms with Gasteiger partial charge in [0.2, 0.25) is 11.1 Å². The number of amides is 1. The number of aromatic nitrogens is 4. The van der Waals surface area contributed by atoms with Gasteiger partial charge in [-0.3, -0.25) is 9.69 Å². The Bertz CT molecular complexity index is 1140. The topological polar surface area (TPSA) is 88.4 Å². The largest absolute Gasteiger partial charge is 0.497 e. The van der Waals surface area contributed by atoms with Crippen LogP contribution in [-0.2, 0) is 4.79 Å². The lowest BCUT2D eigenvalue weighted by Crippen LogP contribution is -2.51. The molecule has 2 heterocycles. The number of benzene rings is 2. The standard InChI is InChI=1S/C26H33N7O2S/c1-35-22-13-11-21(12-14-22)33-26(28-29-30-33)36-19-25(34)27-23-9-5-6-10-24(23)32-17-15-31(16-18-32)20-7-3-2-4-8-20/h5-6,9-14,20H,2-4,7-8,15-19H2,1H3,(H,27,34). The Labute approximate surface area is 216 Å². The maximum Gasteiger partial charge on any atom is 0.234 e. The van der Waals surface area contributed by atoms with E-state index >= 15 is 0 Å². The SMILES string of the molecule is COc1ccc(-n2nnnc2SCC(=O)Nc2ccccc2N2CCN(C3CCCCC3)CC2)cc1. The zero-order valence-corrected chi connectivity index (χ0v) is 21.5. The summed E-state index contributed by atoms with van der Waals surface area (Å²) >= 11 is 1.31. The van der Waals surface area contributed by atoms with Crippen molar-refractivity contribution in [3.8, 4) is 11.4 Å². The number of methoxy groups -OCH3 is 1. The van der Waals surface area contributed by atoms with Crippen molar-refractivity contribution < 1.29 is 9.53 Å². The van der Waals surface area contributed by atoms with Crippen LogP contribution in [0.15, 0.2) is 53.7 Å². The van der Waals surface area contributed by atoms with E-state index in [0.29, 0.717) is 5.16 Å². The Kier molecular flexibility index (Phi) is 8.02. The van der Waals surface area contributed by atoms with Crippen LogP contribution >= 0.6 is 11.8 Å². The van der Waals surface area contributed by atoms with Crippen LogP contribution in [0.5, 0.6) is 5.75 Å². The zero-order valence-electron chi connectivity index (χ0n) is 20.7. The van der Waals surface area contributed by atoms with Crippen LogP contribution in [0.4, 0.5) is 11.4 Å². The third-order valence-electron chi connectivity index (χ3n) is 7.01. The van der Waals surface area contributed by atoms with E-state index in [1.165, 1.54) is 43.9 Å². The number of thioether (sulfide) groups is 1. The second kappa shape index (κ2) is 11.7. The monoisotopic (exact) mass is 507 g/mol. The zero-order chi connectivity index (χ0) is 24.7. The van der Waals surface area contributed by atoms with Gasteiger partial charge in [0.1, 0.15) is 5.75 Å². The van der Waals surface area contributed by atoms with Crippen molar-refractivity contribution >= 4 is 29.0 Å². The molecule has 2 aromatic carbocycles. The summed E-state index contributed by atoms with van der Waals surface area (Å²) in [4.78, 5) is 17.9. The van der Waals surface area contributed by atoms with Gasteiger partial charge in [0.05, 0.1) is 29.9 Å². The average molecular weight is 508 g/mol. The van der Waals surface area contributed by atoms with E-state index in [9.17, 15) is 4.79 Å². The van der Waals surface area contributed by atoms with E-state index in [0.717, 1.165) is 55.0 Å². The molecule has 3 aromatic rings. The van der Waals surface area contributed by atoms with Gasteiger partial charge in [-0.1, -0.05) is 43.2 Å². The van der Waals surface area contributed by atoms with Crippen molar-refractivity contribution in [1.82, 2.24) is 25.1 Å². The summed E-state index contributed by atoms with van der Waals surface area (Å²) in [5, 5.41) is 15.6. The molecule has 0 bridgehead atoms. The highest BCUT2D eigenvalue weighted by atomic mass is 32.2. The van der Waals surface area contributed by atoms with Crippen LogP contribution < -0.4 is 15.0 Å². The molecule has 2 fully saturated rings. The third kappa shape index (κ3) is 5.82. The molecule has 0 radical (unpaired) electrons. The van der Waals surface area contributed by atoms with Crippen molar-refractivity contribution in [1.29, 1.82) is 0 Å².